The Hall–Kier alpha value is -1.36. The van der Waals surface area contributed by atoms with E-state index in [1.165, 1.54) is 6.42 Å². The van der Waals surface area contributed by atoms with Crippen molar-refractivity contribution >= 4 is 5.82 Å². The smallest absolute Gasteiger partial charge is 0.234 e. The van der Waals surface area contributed by atoms with Crippen LogP contribution in [0.5, 0.6) is 5.88 Å². The first-order chi connectivity index (χ1) is 8.19. The number of nitrogens with two attached hydrogens (primary N) is 1. The van der Waals surface area contributed by atoms with E-state index in [0.717, 1.165) is 18.8 Å². The molecule has 3 unspecified atom stereocenters. The van der Waals surface area contributed by atoms with E-state index in [9.17, 15) is 0 Å². The molecule has 3 N–H and O–H groups in total. The van der Waals surface area contributed by atoms with Gasteiger partial charge in [-0.05, 0) is 31.1 Å². The Bertz CT molecular complexity index is 371. The topological polar surface area (TPSA) is 73.1 Å². The zero-order valence-electron chi connectivity index (χ0n) is 10.4. The normalized spacial score (nSPS) is 28.8. The summed E-state index contributed by atoms with van der Waals surface area (Å²) in [5.41, 5.74) is 2.47. The lowest BCUT2D eigenvalue weighted by Crippen LogP contribution is -2.29. The van der Waals surface area contributed by atoms with Gasteiger partial charge in [0.15, 0.2) is 5.82 Å². The molecule has 0 aromatic carbocycles. The van der Waals surface area contributed by atoms with Gasteiger partial charge in [0.1, 0.15) is 6.10 Å². The molecule has 17 heavy (non-hydrogen) atoms. The third-order valence-corrected chi connectivity index (χ3v) is 3.60. The lowest BCUT2D eigenvalue weighted by atomic mass is 9.80. The van der Waals surface area contributed by atoms with Gasteiger partial charge in [-0.25, -0.2) is 5.84 Å². The second kappa shape index (κ2) is 5.31. The number of rotatable bonds is 3. The standard InChI is InChI=1S/C12H20N4O/c1-8-3-4-10(5-9(8)2)17-12-7-14-6-11(15-12)16-13/h6-10H,3-5,13H2,1-2H3,(H,15,16). The van der Waals surface area contributed by atoms with Crippen LogP contribution in [0.4, 0.5) is 5.82 Å². The maximum absolute atomic E-state index is 5.85. The number of ether oxygens (including phenoxy) is 1. The average Bonchev–Trinajstić information content (AvgIpc) is 2.34. The number of hydrogen-bond donors (Lipinski definition) is 2. The van der Waals surface area contributed by atoms with Crippen LogP contribution in [0.15, 0.2) is 12.4 Å². The van der Waals surface area contributed by atoms with Gasteiger partial charge in [-0.2, -0.15) is 4.98 Å². The van der Waals surface area contributed by atoms with Gasteiger partial charge >= 0.3 is 0 Å². The molecule has 2 rings (SSSR count). The second-order valence-electron chi connectivity index (χ2n) is 4.89. The van der Waals surface area contributed by atoms with Crippen molar-refractivity contribution in [1.82, 2.24) is 9.97 Å². The van der Waals surface area contributed by atoms with Gasteiger partial charge in [0.25, 0.3) is 0 Å². The van der Waals surface area contributed by atoms with E-state index in [-0.39, 0.29) is 6.10 Å². The molecule has 94 valence electrons. The van der Waals surface area contributed by atoms with Gasteiger partial charge in [-0.3, -0.25) is 4.98 Å². The highest BCUT2D eigenvalue weighted by atomic mass is 16.5. The fourth-order valence-corrected chi connectivity index (χ4v) is 2.25. The van der Waals surface area contributed by atoms with Gasteiger partial charge in [0.2, 0.25) is 5.88 Å². The van der Waals surface area contributed by atoms with Crippen molar-refractivity contribution in [2.24, 2.45) is 17.7 Å². The van der Waals surface area contributed by atoms with Crippen molar-refractivity contribution in [2.75, 3.05) is 5.43 Å². The van der Waals surface area contributed by atoms with Crippen molar-refractivity contribution < 1.29 is 4.74 Å². The van der Waals surface area contributed by atoms with Gasteiger partial charge in [0.05, 0.1) is 12.4 Å². The van der Waals surface area contributed by atoms with Crippen LogP contribution in [0.1, 0.15) is 33.1 Å². The molecule has 0 spiro atoms. The fraction of sp³-hybridized carbons (Fsp3) is 0.667. The van der Waals surface area contributed by atoms with Crippen LogP contribution in [0.2, 0.25) is 0 Å². The lowest BCUT2D eigenvalue weighted by molar-refractivity contribution is 0.0962. The molecule has 0 bridgehead atoms. The van der Waals surface area contributed by atoms with E-state index >= 15 is 0 Å². The van der Waals surface area contributed by atoms with Crippen LogP contribution in [0, 0.1) is 11.8 Å². The third-order valence-electron chi connectivity index (χ3n) is 3.60. The largest absolute Gasteiger partial charge is 0.473 e. The van der Waals surface area contributed by atoms with Crippen LogP contribution < -0.4 is 16.0 Å². The third kappa shape index (κ3) is 3.06. The number of hydrazine groups is 1. The summed E-state index contributed by atoms with van der Waals surface area (Å²) in [6.45, 7) is 4.59. The summed E-state index contributed by atoms with van der Waals surface area (Å²) in [6.07, 6.45) is 6.84. The van der Waals surface area contributed by atoms with E-state index in [1.807, 2.05) is 0 Å². The van der Waals surface area contributed by atoms with Crippen LogP contribution in [0.3, 0.4) is 0 Å². The van der Waals surface area contributed by atoms with E-state index in [4.69, 9.17) is 10.6 Å². The molecule has 1 fully saturated rings. The van der Waals surface area contributed by atoms with Gasteiger partial charge in [-0.15, -0.1) is 0 Å². The first kappa shape index (κ1) is 12.1. The maximum Gasteiger partial charge on any atom is 0.234 e. The predicted octanol–water partition coefficient (Wildman–Crippen LogP) is 1.97. The highest BCUT2D eigenvalue weighted by Gasteiger charge is 2.26. The number of nitrogen functional groups attached to an aromatic ring is 1. The Morgan fingerprint density at radius 2 is 2.12 bits per heavy atom. The van der Waals surface area contributed by atoms with Crippen LogP contribution >= 0.6 is 0 Å². The lowest BCUT2D eigenvalue weighted by Gasteiger charge is -2.31. The summed E-state index contributed by atoms with van der Waals surface area (Å²) in [6, 6.07) is 0. The molecule has 3 atom stereocenters. The molecule has 0 amide bonds. The fourth-order valence-electron chi connectivity index (χ4n) is 2.25. The SMILES string of the molecule is CC1CCC(Oc2cncc(NN)n2)CC1C. The Morgan fingerprint density at radius 1 is 1.29 bits per heavy atom. The van der Waals surface area contributed by atoms with Crippen molar-refractivity contribution in [3.05, 3.63) is 12.4 Å². The van der Waals surface area contributed by atoms with Crippen molar-refractivity contribution in [3.8, 4) is 5.88 Å². The number of aromatic nitrogens is 2. The van der Waals surface area contributed by atoms with E-state index in [2.05, 4.69) is 29.2 Å². The Morgan fingerprint density at radius 3 is 2.82 bits per heavy atom. The molecule has 5 heteroatoms. The molecule has 0 aliphatic heterocycles. The first-order valence-corrected chi connectivity index (χ1v) is 6.14. The highest BCUT2D eigenvalue weighted by Crippen LogP contribution is 2.31. The molecule has 0 saturated heterocycles. The predicted molar refractivity (Wildman–Crippen MR) is 66.4 cm³/mol. The van der Waals surface area contributed by atoms with Crippen LogP contribution in [0.25, 0.3) is 0 Å². The highest BCUT2D eigenvalue weighted by molar-refractivity contribution is 5.31. The summed E-state index contributed by atoms with van der Waals surface area (Å²) in [5.74, 6) is 7.86. The molecule has 1 heterocycles. The maximum atomic E-state index is 5.85. The number of nitrogens with one attached hydrogen (secondary N) is 1. The van der Waals surface area contributed by atoms with Gasteiger partial charge < -0.3 is 10.2 Å². The van der Waals surface area contributed by atoms with Crippen molar-refractivity contribution in [2.45, 2.75) is 39.2 Å². The zero-order chi connectivity index (χ0) is 12.3. The number of hydrogen-bond acceptors (Lipinski definition) is 5. The second-order valence-corrected chi connectivity index (χ2v) is 4.89. The van der Waals surface area contributed by atoms with E-state index < -0.39 is 0 Å². The van der Waals surface area contributed by atoms with E-state index in [0.29, 0.717) is 17.6 Å². The molecular formula is C12H20N4O. The summed E-state index contributed by atoms with van der Waals surface area (Å²) >= 11 is 0. The van der Waals surface area contributed by atoms with Crippen molar-refractivity contribution in [1.29, 1.82) is 0 Å². The van der Waals surface area contributed by atoms with Crippen molar-refractivity contribution in [3.63, 3.8) is 0 Å². The Kier molecular flexibility index (Phi) is 3.78. The minimum Gasteiger partial charge on any atom is -0.473 e. The molecule has 0 radical (unpaired) electrons. The Balaban J connectivity index is 1.96. The molecule has 5 nitrogen and oxygen atoms in total. The summed E-state index contributed by atoms with van der Waals surface area (Å²) < 4.78 is 5.85. The van der Waals surface area contributed by atoms with Gasteiger partial charge in [-0.1, -0.05) is 13.8 Å². The minimum atomic E-state index is 0.253. The quantitative estimate of drug-likeness (QED) is 0.620. The minimum absolute atomic E-state index is 0.253. The molecule has 1 saturated carbocycles. The summed E-state index contributed by atoms with van der Waals surface area (Å²) in [4.78, 5) is 8.23. The number of anilines is 1. The zero-order valence-corrected chi connectivity index (χ0v) is 10.4. The molecule has 1 aliphatic carbocycles. The first-order valence-electron chi connectivity index (χ1n) is 6.14. The monoisotopic (exact) mass is 236 g/mol. The number of nitrogens with zero attached hydrogens (tertiary/aromatic N) is 2. The van der Waals surface area contributed by atoms with Crippen LogP contribution in [-0.4, -0.2) is 16.1 Å². The Labute approximate surface area is 102 Å². The average molecular weight is 236 g/mol. The molecule has 1 aromatic heterocycles. The summed E-state index contributed by atoms with van der Waals surface area (Å²) in [7, 11) is 0. The van der Waals surface area contributed by atoms with E-state index in [1.54, 1.807) is 12.4 Å². The molecule has 1 aliphatic rings. The van der Waals surface area contributed by atoms with Gasteiger partial charge in [0, 0.05) is 0 Å². The summed E-state index contributed by atoms with van der Waals surface area (Å²) in [5, 5.41) is 0. The van der Waals surface area contributed by atoms with Crippen LogP contribution in [-0.2, 0) is 0 Å². The molecular weight excluding hydrogens is 216 g/mol. The molecule has 1 aromatic rings.